The van der Waals surface area contributed by atoms with Crippen molar-refractivity contribution in [1.82, 2.24) is 0 Å². The van der Waals surface area contributed by atoms with Gasteiger partial charge in [0, 0.05) is 31.4 Å². The summed E-state index contributed by atoms with van der Waals surface area (Å²) in [4.78, 5) is 25.3. The molecule has 4 aliphatic heterocycles. The van der Waals surface area contributed by atoms with Crippen molar-refractivity contribution in [3.8, 4) is 0 Å². The number of cyclic esters (lactones) is 1. The van der Waals surface area contributed by atoms with Crippen molar-refractivity contribution < 1.29 is 93.4 Å². The van der Waals surface area contributed by atoms with Gasteiger partial charge in [-0.2, -0.15) is 0 Å². The number of aliphatic hydroxyl groups excluding tert-OH is 7. The third kappa shape index (κ3) is 7.45. The maximum absolute atomic E-state index is 13.3. The Morgan fingerprint density at radius 2 is 1.46 bits per heavy atom. The molecule has 346 valence electrons. The van der Waals surface area contributed by atoms with Gasteiger partial charge >= 0.3 is 5.97 Å². The minimum atomic E-state index is -1.80. The first-order valence-electron chi connectivity index (χ1n) is 21.8. The van der Waals surface area contributed by atoms with Crippen molar-refractivity contribution in [3.63, 3.8) is 0 Å². The zero-order valence-electron chi connectivity index (χ0n) is 34.8. The molecule has 7 fully saturated rings. The van der Waals surface area contributed by atoms with E-state index in [0.29, 0.717) is 44.9 Å². The second kappa shape index (κ2) is 17.2. The fraction of sp³-hybridized carbons (Fsp3) is 0.905. The van der Waals surface area contributed by atoms with Crippen LogP contribution in [0.4, 0.5) is 0 Å². The fourth-order valence-corrected chi connectivity index (χ4v) is 13.0. The number of carbonyl (C=O) groups excluding carboxylic acids is 2. The van der Waals surface area contributed by atoms with Crippen LogP contribution in [0, 0.1) is 28.6 Å². The van der Waals surface area contributed by atoms with Gasteiger partial charge in [-0.1, -0.05) is 6.92 Å². The number of methoxy groups -OCH3 is 1. The van der Waals surface area contributed by atoms with Gasteiger partial charge in [0.15, 0.2) is 18.9 Å². The number of ether oxygens (including phenoxy) is 8. The summed E-state index contributed by atoms with van der Waals surface area (Å²) in [6.07, 6.45) is -12.4. The van der Waals surface area contributed by atoms with E-state index < -0.39 is 127 Å². The van der Waals surface area contributed by atoms with Crippen molar-refractivity contribution in [2.24, 2.45) is 28.6 Å². The number of fused-ring (bicyclic) bond motifs is 5. The summed E-state index contributed by atoms with van der Waals surface area (Å²) in [5.74, 6) is -0.767. The van der Waals surface area contributed by atoms with Crippen LogP contribution in [0.15, 0.2) is 11.6 Å². The minimum Gasteiger partial charge on any atom is -0.458 e. The van der Waals surface area contributed by atoms with Crippen LogP contribution in [-0.2, 0) is 47.5 Å². The van der Waals surface area contributed by atoms with E-state index >= 15 is 0 Å². The van der Waals surface area contributed by atoms with Crippen LogP contribution in [0.1, 0.15) is 78.1 Å². The molecule has 8 aliphatic rings. The number of hydrogen-bond donors (Lipinski definition) is 9. The monoisotopic (exact) mass is 872 g/mol. The molecular formula is C42H64O19. The molecule has 0 aromatic rings. The predicted octanol–water partition coefficient (Wildman–Crippen LogP) is -1.92. The molecule has 0 aromatic heterocycles. The molecule has 61 heavy (non-hydrogen) atoms. The van der Waals surface area contributed by atoms with E-state index in [9.17, 15) is 55.5 Å². The molecule has 0 radical (unpaired) electrons. The highest BCUT2D eigenvalue weighted by Gasteiger charge is 2.71. The van der Waals surface area contributed by atoms with Crippen molar-refractivity contribution >= 4 is 12.3 Å². The molecular weight excluding hydrogens is 808 g/mol. The molecule has 8 rings (SSSR count). The van der Waals surface area contributed by atoms with Crippen LogP contribution in [0.25, 0.3) is 0 Å². The zero-order chi connectivity index (χ0) is 43.8. The van der Waals surface area contributed by atoms with Gasteiger partial charge in [0.05, 0.1) is 48.1 Å². The summed E-state index contributed by atoms with van der Waals surface area (Å²) in [6, 6.07) is 0. The number of rotatable bonds is 11. The van der Waals surface area contributed by atoms with Gasteiger partial charge in [-0.05, 0) is 81.6 Å². The third-order valence-corrected chi connectivity index (χ3v) is 16.3. The molecule has 0 spiro atoms. The third-order valence-electron chi connectivity index (χ3n) is 16.3. The SMILES string of the molecule is CO[C@H]1C[C@H](O[C@H]2CC[C@]3(C=O)[C@H]4CC[C@]5(C)[C@@H](C6=CC(=O)OC6)CC[C@]5(O)[C@@H]4CC[C@]3(O)C2)O[C@H](C)[C@H]1O[C@@H]1O[C@H](CO)[C@@H](O[C@@H]2O[C@H](CO)[C@@H](O)[C@H](O)[C@H]2O)[C@H](O)[C@H]1O. The lowest BCUT2D eigenvalue weighted by Crippen LogP contribution is -2.69. The van der Waals surface area contributed by atoms with E-state index in [2.05, 4.69) is 6.92 Å². The van der Waals surface area contributed by atoms with Gasteiger partial charge < -0.3 is 88.6 Å². The van der Waals surface area contributed by atoms with Gasteiger partial charge in [-0.3, -0.25) is 0 Å². The Kier molecular flexibility index (Phi) is 12.9. The smallest absolute Gasteiger partial charge is 0.331 e. The molecule has 19 heteroatoms. The highest BCUT2D eigenvalue weighted by atomic mass is 16.8. The van der Waals surface area contributed by atoms with E-state index in [0.717, 1.165) is 18.3 Å². The summed E-state index contributed by atoms with van der Waals surface area (Å²) in [5, 5.41) is 97.8. The largest absolute Gasteiger partial charge is 0.458 e. The summed E-state index contributed by atoms with van der Waals surface area (Å²) in [7, 11) is 1.47. The minimum absolute atomic E-state index is 0.00485. The molecule has 4 aliphatic carbocycles. The average molecular weight is 873 g/mol. The van der Waals surface area contributed by atoms with E-state index in [1.165, 1.54) is 7.11 Å². The Morgan fingerprint density at radius 1 is 0.787 bits per heavy atom. The Bertz CT molecular complexity index is 1630. The number of aliphatic hydroxyl groups is 9. The van der Waals surface area contributed by atoms with Crippen molar-refractivity contribution in [2.75, 3.05) is 26.9 Å². The molecule has 0 amide bonds. The van der Waals surface area contributed by atoms with Gasteiger partial charge in [0.1, 0.15) is 67.8 Å². The van der Waals surface area contributed by atoms with Crippen LogP contribution in [0.5, 0.6) is 0 Å². The first kappa shape index (κ1) is 45.8. The summed E-state index contributed by atoms with van der Waals surface area (Å²) in [6.45, 7) is 2.62. The average Bonchev–Trinajstić information content (AvgIpc) is 3.79. The summed E-state index contributed by atoms with van der Waals surface area (Å²) in [5.41, 5.74) is -3.06. The maximum Gasteiger partial charge on any atom is 0.331 e. The van der Waals surface area contributed by atoms with Crippen LogP contribution in [-0.4, -0.2) is 188 Å². The number of esters is 1. The zero-order valence-corrected chi connectivity index (χ0v) is 34.8. The molecule has 4 heterocycles. The van der Waals surface area contributed by atoms with Gasteiger partial charge in [-0.25, -0.2) is 4.79 Å². The lowest BCUT2D eigenvalue weighted by Gasteiger charge is -2.65. The normalized spacial score (nSPS) is 53.6. The highest BCUT2D eigenvalue weighted by Crippen LogP contribution is 2.70. The molecule has 19 nitrogen and oxygen atoms in total. The molecule has 9 N–H and O–H groups in total. The Labute approximate surface area is 353 Å². The van der Waals surface area contributed by atoms with Crippen LogP contribution < -0.4 is 0 Å². The highest BCUT2D eigenvalue weighted by molar-refractivity contribution is 5.85. The molecule has 0 bridgehead atoms. The van der Waals surface area contributed by atoms with Crippen molar-refractivity contribution in [3.05, 3.63) is 11.6 Å². The van der Waals surface area contributed by atoms with Crippen LogP contribution >= 0.6 is 0 Å². The maximum atomic E-state index is 13.3. The van der Waals surface area contributed by atoms with Crippen LogP contribution in [0.3, 0.4) is 0 Å². The lowest BCUT2D eigenvalue weighted by molar-refractivity contribution is -0.373. The fourth-order valence-electron chi connectivity index (χ4n) is 13.0. The Morgan fingerprint density at radius 3 is 2.11 bits per heavy atom. The molecule has 4 saturated carbocycles. The second-order valence-corrected chi connectivity index (χ2v) is 19.1. The topological polar surface area (TPSA) is 290 Å². The molecule has 22 atom stereocenters. The van der Waals surface area contributed by atoms with E-state index in [1.807, 2.05) is 0 Å². The molecule has 0 unspecified atom stereocenters. The summed E-state index contributed by atoms with van der Waals surface area (Å²) < 4.78 is 46.9. The predicted molar refractivity (Wildman–Crippen MR) is 203 cm³/mol. The van der Waals surface area contributed by atoms with E-state index in [1.54, 1.807) is 13.0 Å². The van der Waals surface area contributed by atoms with E-state index in [-0.39, 0.29) is 43.2 Å². The first-order chi connectivity index (χ1) is 29.0. The van der Waals surface area contributed by atoms with Crippen molar-refractivity contribution in [2.45, 2.75) is 181 Å². The van der Waals surface area contributed by atoms with Crippen LogP contribution in [0.2, 0.25) is 0 Å². The quantitative estimate of drug-likeness (QED) is 0.0622. The number of aldehydes is 1. The second-order valence-electron chi connectivity index (χ2n) is 19.1. The molecule has 3 saturated heterocycles. The number of hydrogen-bond acceptors (Lipinski definition) is 19. The lowest BCUT2D eigenvalue weighted by atomic mass is 9.41. The Hall–Kier alpha value is -1.76. The Balaban J connectivity index is 0.889. The first-order valence-corrected chi connectivity index (χ1v) is 21.8. The van der Waals surface area contributed by atoms with Gasteiger partial charge in [-0.15, -0.1) is 0 Å². The summed E-state index contributed by atoms with van der Waals surface area (Å²) >= 11 is 0. The molecule has 0 aromatic carbocycles. The standard InChI is InChI=1S/C42H64O19/c1-19-35(60-38-34(51)32(49)36(27(16-44)59-38)61-37-33(50)31(48)30(47)26(15-43)58-37)25(54-3)13-29(56-19)57-21-4-9-40(18-45)23-5-8-39(2)22(20-12-28(46)55-17-20)7-11-42(39,53)24(23)6-10-41(40,52)14-21/h12,18-19,21-27,29-38,43-44,47-53H,4-11,13-17H2,1-3H3/t19-,21+,22-,23+,24-,25+,26-,27-,29+,30-,31+,32-,33-,34-,35-,36-,37+,38+,39-,40+,41+,42+/m1/s1. The number of carbonyl (C=O) groups is 2. The van der Waals surface area contributed by atoms with Gasteiger partial charge in [0.2, 0.25) is 0 Å². The van der Waals surface area contributed by atoms with Crippen molar-refractivity contribution in [1.29, 1.82) is 0 Å². The van der Waals surface area contributed by atoms with E-state index in [4.69, 9.17) is 37.9 Å². The van der Waals surface area contributed by atoms with Gasteiger partial charge in [0.25, 0.3) is 0 Å².